The van der Waals surface area contributed by atoms with Crippen LogP contribution in [-0.4, -0.2) is 28.9 Å². The van der Waals surface area contributed by atoms with E-state index in [9.17, 15) is 4.79 Å². The second-order valence-electron chi connectivity index (χ2n) is 5.91. The number of ether oxygens (including phenoxy) is 1. The number of nitrogens with one attached hydrogen (secondary N) is 1. The van der Waals surface area contributed by atoms with Gasteiger partial charge in [-0.05, 0) is 46.3 Å². The SMILES string of the molecule is COc1nc(-c2ccccc2)c(Br)cc1CNc1ccc(SCC(=O)O)cc1. The Balaban J connectivity index is 1.72. The van der Waals surface area contributed by atoms with Crippen molar-refractivity contribution in [2.24, 2.45) is 0 Å². The first-order chi connectivity index (χ1) is 13.6. The number of carbonyl (C=O) groups is 1. The fourth-order valence-corrected chi connectivity index (χ4v) is 3.84. The Labute approximate surface area is 176 Å². The van der Waals surface area contributed by atoms with E-state index in [0.717, 1.165) is 31.9 Å². The number of hydrogen-bond acceptors (Lipinski definition) is 5. The summed E-state index contributed by atoms with van der Waals surface area (Å²) in [6, 6.07) is 19.6. The molecule has 0 aliphatic heterocycles. The molecule has 0 spiro atoms. The lowest BCUT2D eigenvalue weighted by Crippen LogP contribution is -2.04. The maximum Gasteiger partial charge on any atom is 0.313 e. The van der Waals surface area contributed by atoms with Crippen molar-refractivity contribution in [3.05, 3.63) is 70.7 Å². The fourth-order valence-electron chi connectivity index (χ4n) is 2.62. The molecule has 2 N–H and O–H groups in total. The fraction of sp³-hybridized carbons (Fsp3) is 0.143. The van der Waals surface area contributed by atoms with Gasteiger partial charge in [-0.1, -0.05) is 30.3 Å². The van der Waals surface area contributed by atoms with Crippen molar-refractivity contribution in [3.8, 4) is 17.1 Å². The van der Waals surface area contributed by atoms with E-state index in [1.807, 2.05) is 60.7 Å². The summed E-state index contributed by atoms with van der Waals surface area (Å²) in [5.41, 5.74) is 3.71. The quantitative estimate of drug-likeness (QED) is 0.445. The Morgan fingerprint density at radius 1 is 1.18 bits per heavy atom. The van der Waals surface area contributed by atoms with Gasteiger partial charge in [-0.3, -0.25) is 4.79 Å². The molecule has 0 unspecified atom stereocenters. The van der Waals surface area contributed by atoms with Crippen LogP contribution in [0.1, 0.15) is 5.56 Å². The van der Waals surface area contributed by atoms with Crippen molar-refractivity contribution >= 4 is 39.3 Å². The van der Waals surface area contributed by atoms with E-state index in [1.165, 1.54) is 11.8 Å². The highest BCUT2D eigenvalue weighted by Gasteiger charge is 2.12. The Morgan fingerprint density at radius 3 is 2.54 bits per heavy atom. The molecule has 5 nitrogen and oxygen atoms in total. The second kappa shape index (κ2) is 9.61. The van der Waals surface area contributed by atoms with Gasteiger partial charge < -0.3 is 15.2 Å². The van der Waals surface area contributed by atoms with E-state index in [-0.39, 0.29) is 5.75 Å². The van der Waals surface area contributed by atoms with Crippen LogP contribution >= 0.6 is 27.7 Å². The molecule has 1 aromatic heterocycles. The number of rotatable bonds is 8. The third kappa shape index (κ3) is 5.27. The molecule has 0 fully saturated rings. The number of thioether (sulfide) groups is 1. The lowest BCUT2D eigenvalue weighted by atomic mass is 10.1. The van der Waals surface area contributed by atoms with Gasteiger partial charge in [0.1, 0.15) is 0 Å². The zero-order chi connectivity index (χ0) is 19.9. The van der Waals surface area contributed by atoms with Crippen LogP contribution in [0, 0.1) is 0 Å². The van der Waals surface area contributed by atoms with Gasteiger partial charge in [0.25, 0.3) is 0 Å². The average Bonchev–Trinajstić information content (AvgIpc) is 2.72. The Bertz CT molecular complexity index is 950. The highest BCUT2D eigenvalue weighted by molar-refractivity contribution is 9.10. The van der Waals surface area contributed by atoms with Gasteiger partial charge in [0.2, 0.25) is 5.88 Å². The van der Waals surface area contributed by atoms with Gasteiger partial charge in [-0.25, -0.2) is 4.98 Å². The molecule has 7 heteroatoms. The summed E-state index contributed by atoms with van der Waals surface area (Å²) in [5.74, 6) is -0.197. The van der Waals surface area contributed by atoms with Crippen molar-refractivity contribution in [2.75, 3.05) is 18.2 Å². The van der Waals surface area contributed by atoms with Crippen LogP contribution in [0.15, 0.2) is 70.0 Å². The molecule has 0 saturated heterocycles. The Morgan fingerprint density at radius 2 is 1.89 bits per heavy atom. The van der Waals surface area contributed by atoms with Crippen LogP contribution in [0.5, 0.6) is 5.88 Å². The number of benzene rings is 2. The van der Waals surface area contributed by atoms with Crippen molar-refractivity contribution in [1.82, 2.24) is 4.98 Å². The zero-order valence-corrected chi connectivity index (χ0v) is 17.6. The molecule has 0 atom stereocenters. The van der Waals surface area contributed by atoms with Gasteiger partial charge >= 0.3 is 5.97 Å². The minimum absolute atomic E-state index is 0.0530. The van der Waals surface area contributed by atoms with Crippen LogP contribution in [0.3, 0.4) is 0 Å². The van der Waals surface area contributed by atoms with Gasteiger partial charge in [-0.15, -0.1) is 11.8 Å². The van der Waals surface area contributed by atoms with Gasteiger partial charge in [0, 0.05) is 32.7 Å². The number of methoxy groups -OCH3 is 1. The van der Waals surface area contributed by atoms with E-state index in [0.29, 0.717) is 12.4 Å². The zero-order valence-electron chi connectivity index (χ0n) is 15.2. The molecule has 0 radical (unpaired) electrons. The summed E-state index contributed by atoms with van der Waals surface area (Å²) in [6.45, 7) is 0.547. The van der Waals surface area contributed by atoms with Crippen molar-refractivity contribution in [2.45, 2.75) is 11.4 Å². The monoisotopic (exact) mass is 458 g/mol. The number of hydrogen-bond donors (Lipinski definition) is 2. The van der Waals surface area contributed by atoms with Crippen LogP contribution in [0.25, 0.3) is 11.3 Å². The topological polar surface area (TPSA) is 71.5 Å². The van der Waals surface area contributed by atoms with Gasteiger partial charge in [0.15, 0.2) is 0 Å². The van der Waals surface area contributed by atoms with E-state index >= 15 is 0 Å². The van der Waals surface area contributed by atoms with E-state index in [2.05, 4.69) is 26.2 Å². The maximum absolute atomic E-state index is 10.6. The number of nitrogens with zero attached hydrogens (tertiary/aromatic N) is 1. The average molecular weight is 459 g/mol. The number of aliphatic carboxylic acids is 1. The van der Waals surface area contributed by atoms with Crippen LogP contribution in [-0.2, 0) is 11.3 Å². The first-order valence-electron chi connectivity index (χ1n) is 8.54. The molecule has 0 aliphatic carbocycles. The molecule has 0 aliphatic rings. The molecule has 3 rings (SSSR count). The number of pyridine rings is 1. The van der Waals surface area contributed by atoms with Crippen LogP contribution in [0.2, 0.25) is 0 Å². The number of aromatic nitrogens is 1. The highest BCUT2D eigenvalue weighted by atomic mass is 79.9. The first kappa shape index (κ1) is 20.2. The first-order valence-corrected chi connectivity index (χ1v) is 10.3. The summed E-state index contributed by atoms with van der Waals surface area (Å²) in [7, 11) is 1.61. The maximum atomic E-state index is 10.6. The molecule has 0 bridgehead atoms. The summed E-state index contributed by atoms with van der Waals surface area (Å²) >= 11 is 4.91. The molecule has 0 amide bonds. The van der Waals surface area contributed by atoms with Crippen LogP contribution in [0.4, 0.5) is 5.69 Å². The van der Waals surface area contributed by atoms with Crippen LogP contribution < -0.4 is 10.1 Å². The Kier molecular flexibility index (Phi) is 6.95. The Hall–Kier alpha value is -2.51. The normalized spacial score (nSPS) is 10.5. The van der Waals surface area contributed by atoms with E-state index in [1.54, 1.807) is 7.11 Å². The number of carboxylic acid groups (broad SMARTS) is 1. The smallest absolute Gasteiger partial charge is 0.313 e. The molecule has 28 heavy (non-hydrogen) atoms. The standard InChI is InChI=1S/C21H19BrN2O3S/c1-27-21-15(11-18(22)20(24-21)14-5-3-2-4-6-14)12-23-16-7-9-17(10-8-16)28-13-19(25)26/h2-11,23H,12-13H2,1H3,(H,25,26). The number of halogens is 1. The van der Waals surface area contributed by atoms with Gasteiger partial charge in [-0.2, -0.15) is 0 Å². The lowest BCUT2D eigenvalue weighted by molar-refractivity contribution is -0.133. The summed E-state index contributed by atoms with van der Waals surface area (Å²) < 4.78 is 6.39. The summed E-state index contributed by atoms with van der Waals surface area (Å²) in [5, 5.41) is 12.1. The van der Waals surface area contributed by atoms with Crippen molar-refractivity contribution in [3.63, 3.8) is 0 Å². The minimum atomic E-state index is -0.823. The largest absolute Gasteiger partial charge is 0.481 e. The van der Waals surface area contributed by atoms with Crippen molar-refractivity contribution in [1.29, 1.82) is 0 Å². The third-order valence-electron chi connectivity index (χ3n) is 3.96. The second-order valence-corrected chi connectivity index (χ2v) is 7.82. The highest BCUT2D eigenvalue weighted by Crippen LogP contribution is 2.31. The molecule has 2 aromatic carbocycles. The molecule has 3 aromatic rings. The molecule has 144 valence electrons. The molecule has 0 saturated carbocycles. The molecule has 1 heterocycles. The lowest BCUT2D eigenvalue weighted by Gasteiger charge is -2.13. The van der Waals surface area contributed by atoms with E-state index in [4.69, 9.17) is 9.84 Å². The number of carboxylic acids is 1. The molecular formula is C21H19BrN2O3S. The predicted molar refractivity (Wildman–Crippen MR) is 116 cm³/mol. The summed E-state index contributed by atoms with van der Waals surface area (Å²) in [4.78, 5) is 16.2. The molecular weight excluding hydrogens is 440 g/mol. The van der Waals surface area contributed by atoms with Crippen molar-refractivity contribution < 1.29 is 14.6 Å². The van der Waals surface area contributed by atoms with Gasteiger partial charge in [0.05, 0.1) is 18.6 Å². The number of anilines is 1. The third-order valence-corrected chi connectivity index (χ3v) is 5.56. The summed E-state index contributed by atoms with van der Waals surface area (Å²) in [6.07, 6.45) is 0. The minimum Gasteiger partial charge on any atom is -0.481 e. The van der Waals surface area contributed by atoms with E-state index < -0.39 is 5.97 Å². The predicted octanol–water partition coefficient (Wildman–Crippen LogP) is 5.31.